The zero-order chi connectivity index (χ0) is 14.7. The van der Waals surface area contributed by atoms with Crippen molar-refractivity contribution in [3.63, 3.8) is 0 Å². The lowest BCUT2D eigenvalue weighted by Crippen LogP contribution is -2.05. The van der Waals surface area contributed by atoms with Crippen molar-refractivity contribution in [1.29, 1.82) is 0 Å². The third-order valence-electron chi connectivity index (χ3n) is 2.92. The predicted octanol–water partition coefficient (Wildman–Crippen LogP) is 2.23. The minimum absolute atomic E-state index is 0.0301. The molecule has 0 saturated carbocycles. The molecule has 0 amide bonds. The standard InChI is InChI=1S/C14H14N6S/c1-10(15)11-7-8-16-13(9-11)21-14-17-18-19-20(14)12-5-3-2-4-6-12/h2-10H,15H2,1H3. The summed E-state index contributed by atoms with van der Waals surface area (Å²) in [7, 11) is 0. The lowest BCUT2D eigenvalue weighted by Gasteiger charge is -2.07. The van der Waals surface area contributed by atoms with Gasteiger partial charge in [-0.3, -0.25) is 0 Å². The summed E-state index contributed by atoms with van der Waals surface area (Å²) in [4.78, 5) is 4.33. The average molecular weight is 298 g/mol. The van der Waals surface area contributed by atoms with Crippen LogP contribution in [-0.4, -0.2) is 25.2 Å². The molecule has 2 heterocycles. The van der Waals surface area contributed by atoms with Crippen molar-refractivity contribution in [2.24, 2.45) is 5.73 Å². The van der Waals surface area contributed by atoms with E-state index >= 15 is 0 Å². The first kappa shape index (κ1) is 13.7. The summed E-state index contributed by atoms with van der Waals surface area (Å²) in [6.07, 6.45) is 1.75. The smallest absolute Gasteiger partial charge is 0.220 e. The van der Waals surface area contributed by atoms with Crippen LogP contribution < -0.4 is 5.73 Å². The number of tetrazole rings is 1. The maximum Gasteiger partial charge on any atom is 0.220 e. The summed E-state index contributed by atoms with van der Waals surface area (Å²) < 4.78 is 1.69. The van der Waals surface area contributed by atoms with Crippen LogP contribution in [0.2, 0.25) is 0 Å². The minimum Gasteiger partial charge on any atom is -0.324 e. The van der Waals surface area contributed by atoms with E-state index in [4.69, 9.17) is 5.73 Å². The lowest BCUT2D eigenvalue weighted by molar-refractivity contribution is 0.755. The van der Waals surface area contributed by atoms with Gasteiger partial charge in [-0.05, 0) is 58.9 Å². The highest BCUT2D eigenvalue weighted by Crippen LogP contribution is 2.26. The Balaban J connectivity index is 1.90. The van der Waals surface area contributed by atoms with Crippen LogP contribution in [0, 0.1) is 0 Å². The molecule has 3 aromatic rings. The molecule has 7 heteroatoms. The maximum absolute atomic E-state index is 5.89. The SMILES string of the molecule is CC(N)c1ccnc(Sc2nnnn2-c2ccccc2)c1. The fourth-order valence-corrected chi connectivity index (χ4v) is 2.63. The van der Waals surface area contributed by atoms with Crippen LogP contribution in [0.1, 0.15) is 18.5 Å². The van der Waals surface area contributed by atoms with Gasteiger partial charge in [-0.25, -0.2) is 4.98 Å². The Bertz CT molecular complexity index is 725. The molecule has 0 radical (unpaired) electrons. The van der Waals surface area contributed by atoms with E-state index in [1.807, 2.05) is 49.4 Å². The van der Waals surface area contributed by atoms with Crippen LogP contribution in [0.5, 0.6) is 0 Å². The van der Waals surface area contributed by atoms with Crippen LogP contribution in [-0.2, 0) is 0 Å². The highest BCUT2D eigenvalue weighted by atomic mass is 32.2. The second-order valence-corrected chi connectivity index (χ2v) is 5.51. The van der Waals surface area contributed by atoms with E-state index in [1.54, 1.807) is 10.9 Å². The average Bonchev–Trinajstić information content (AvgIpc) is 2.96. The van der Waals surface area contributed by atoms with E-state index in [0.717, 1.165) is 16.3 Å². The Kier molecular flexibility index (Phi) is 3.94. The third-order valence-corrected chi connectivity index (χ3v) is 3.79. The number of nitrogens with zero attached hydrogens (tertiary/aromatic N) is 5. The summed E-state index contributed by atoms with van der Waals surface area (Å²) in [5.41, 5.74) is 7.84. The molecule has 0 spiro atoms. The van der Waals surface area contributed by atoms with Crippen LogP contribution in [0.3, 0.4) is 0 Å². The summed E-state index contributed by atoms with van der Waals surface area (Å²) in [5, 5.41) is 13.3. The normalized spacial score (nSPS) is 12.3. The van der Waals surface area contributed by atoms with Crippen molar-refractivity contribution in [2.45, 2.75) is 23.1 Å². The van der Waals surface area contributed by atoms with Gasteiger partial charge in [-0.15, -0.1) is 5.10 Å². The summed E-state index contributed by atoms with van der Waals surface area (Å²) >= 11 is 1.41. The first-order valence-electron chi connectivity index (χ1n) is 6.47. The number of para-hydroxylation sites is 1. The topological polar surface area (TPSA) is 82.5 Å². The number of rotatable bonds is 4. The molecule has 21 heavy (non-hydrogen) atoms. The Morgan fingerprint density at radius 3 is 2.76 bits per heavy atom. The zero-order valence-electron chi connectivity index (χ0n) is 11.4. The molecule has 106 valence electrons. The largest absolute Gasteiger partial charge is 0.324 e. The molecule has 2 N–H and O–H groups in total. The molecule has 1 unspecified atom stereocenters. The highest BCUT2D eigenvalue weighted by Gasteiger charge is 2.11. The summed E-state index contributed by atoms with van der Waals surface area (Å²) in [6.45, 7) is 1.94. The molecule has 6 nitrogen and oxygen atoms in total. The van der Waals surface area contributed by atoms with E-state index in [1.165, 1.54) is 11.8 Å². The number of aromatic nitrogens is 5. The van der Waals surface area contributed by atoms with Gasteiger partial charge in [-0.1, -0.05) is 18.2 Å². The van der Waals surface area contributed by atoms with E-state index < -0.39 is 0 Å². The van der Waals surface area contributed by atoms with Gasteiger partial charge in [0.15, 0.2) is 0 Å². The lowest BCUT2D eigenvalue weighted by atomic mass is 10.1. The molecule has 0 aliphatic carbocycles. The van der Waals surface area contributed by atoms with E-state index in [0.29, 0.717) is 5.16 Å². The number of nitrogens with two attached hydrogens (primary N) is 1. The molecular formula is C14H14N6S. The molecule has 1 aromatic carbocycles. The van der Waals surface area contributed by atoms with Crippen molar-refractivity contribution in [2.75, 3.05) is 0 Å². The first-order valence-corrected chi connectivity index (χ1v) is 7.29. The molecule has 0 aliphatic heterocycles. The molecule has 0 saturated heterocycles. The molecule has 3 rings (SSSR count). The van der Waals surface area contributed by atoms with Gasteiger partial charge in [0, 0.05) is 12.2 Å². The summed E-state index contributed by atoms with van der Waals surface area (Å²) in [6, 6.07) is 13.6. The van der Waals surface area contributed by atoms with Crippen LogP contribution in [0.15, 0.2) is 58.8 Å². The van der Waals surface area contributed by atoms with Crippen LogP contribution >= 0.6 is 11.8 Å². The van der Waals surface area contributed by atoms with Gasteiger partial charge in [0.05, 0.1) is 5.69 Å². The van der Waals surface area contributed by atoms with Crippen LogP contribution in [0.25, 0.3) is 5.69 Å². The van der Waals surface area contributed by atoms with Gasteiger partial charge >= 0.3 is 0 Å². The Morgan fingerprint density at radius 2 is 2.00 bits per heavy atom. The third kappa shape index (κ3) is 3.09. The van der Waals surface area contributed by atoms with Gasteiger partial charge in [0.1, 0.15) is 5.03 Å². The van der Waals surface area contributed by atoms with Crippen molar-refractivity contribution in [3.8, 4) is 5.69 Å². The Hall–Kier alpha value is -2.25. The second kappa shape index (κ2) is 6.02. The van der Waals surface area contributed by atoms with E-state index in [2.05, 4.69) is 20.5 Å². The van der Waals surface area contributed by atoms with Gasteiger partial charge in [-0.2, -0.15) is 4.68 Å². The van der Waals surface area contributed by atoms with E-state index in [9.17, 15) is 0 Å². The van der Waals surface area contributed by atoms with E-state index in [-0.39, 0.29) is 6.04 Å². The van der Waals surface area contributed by atoms with Crippen molar-refractivity contribution >= 4 is 11.8 Å². The fraction of sp³-hybridized carbons (Fsp3) is 0.143. The number of pyridine rings is 1. The number of benzene rings is 1. The van der Waals surface area contributed by atoms with Crippen molar-refractivity contribution in [3.05, 3.63) is 54.2 Å². The van der Waals surface area contributed by atoms with Crippen molar-refractivity contribution in [1.82, 2.24) is 25.2 Å². The first-order chi connectivity index (χ1) is 10.2. The van der Waals surface area contributed by atoms with Crippen molar-refractivity contribution < 1.29 is 0 Å². The molecule has 2 aromatic heterocycles. The quantitative estimate of drug-likeness (QED) is 0.795. The molecular weight excluding hydrogens is 284 g/mol. The summed E-state index contributed by atoms with van der Waals surface area (Å²) in [5.74, 6) is 0. The molecule has 0 fully saturated rings. The maximum atomic E-state index is 5.89. The Morgan fingerprint density at radius 1 is 1.19 bits per heavy atom. The molecule has 0 aliphatic rings. The number of hydrogen-bond acceptors (Lipinski definition) is 6. The predicted molar refractivity (Wildman–Crippen MR) is 80.1 cm³/mol. The highest BCUT2D eigenvalue weighted by molar-refractivity contribution is 7.99. The van der Waals surface area contributed by atoms with Gasteiger partial charge in [0.2, 0.25) is 5.16 Å². The number of hydrogen-bond donors (Lipinski definition) is 1. The van der Waals surface area contributed by atoms with Crippen LogP contribution in [0.4, 0.5) is 0 Å². The molecule has 1 atom stereocenters. The second-order valence-electron chi connectivity index (χ2n) is 4.53. The van der Waals surface area contributed by atoms with Gasteiger partial charge < -0.3 is 5.73 Å². The molecule has 0 bridgehead atoms. The Labute approximate surface area is 126 Å². The van der Waals surface area contributed by atoms with Gasteiger partial charge in [0.25, 0.3) is 0 Å². The minimum atomic E-state index is -0.0301. The fourth-order valence-electron chi connectivity index (χ4n) is 1.83. The zero-order valence-corrected chi connectivity index (χ0v) is 12.2. The monoisotopic (exact) mass is 298 g/mol.